The maximum absolute atomic E-state index is 12.2. The van der Waals surface area contributed by atoms with Gasteiger partial charge >= 0.3 is 0 Å². The SMILES string of the molecule is CC(C)(CC(N)=O)NS(=O)(=O)c1ccc(CBr)cc1. The number of benzene rings is 1. The van der Waals surface area contributed by atoms with Crippen LogP contribution in [-0.2, 0) is 20.1 Å². The molecule has 0 unspecified atom stereocenters. The number of sulfonamides is 1. The Balaban J connectivity index is 2.94. The number of carbonyl (C=O) groups excluding carboxylic acids is 1. The van der Waals surface area contributed by atoms with Crippen LogP contribution in [0.5, 0.6) is 0 Å². The number of halogens is 1. The van der Waals surface area contributed by atoms with E-state index in [0.717, 1.165) is 5.56 Å². The highest BCUT2D eigenvalue weighted by Gasteiger charge is 2.27. The van der Waals surface area contributed by atoms with Crippen LogP contribution in [-0.4, -0.2) is 19.9 Å². The molecule has 0 bridgehead atoms. The van der Waals surface area contributed by atoms with Gasteiger partial charge in [0.15, 0.2) is 0 Å². The molecule has 0 aliphatic rings. The highest BCUT2D eigenvalue weighted by Crippen LogP contribution is 2.17. The van der Waals surface area contributed by atoms with Gasteiger partial charge in [-0.1, -0.05) is 28.1 Å². The Kier molecular flexibility index (Phi) is 5.11. The molecule has 1 aromatic carbocycles. The van der Waals surface area contributed by atoms with Crippen LogP contribution in [0.2, 0.25) is 0 Å². The summed E-state index contributed by atoms with van der Waals surface area (Å²) in [5.74, 6) is -0.553. The Morgan fingerprint density at radius 2 is 1.84 bits per heavy atom. The fourth-order valence-electron chi connectivity index (χ4n) is 1.65. The van der Waals surface area contributed by atoms with Gasteiger partial charge in [-0.2, -0.15) is 0 Å². The van der Waals surface area contributed by atoms with E-state index in [1.165, 1.54) is 12.1 Å². The summed E-state index contributed by atoms with van der Waals surface area (Å²) in [4.78, 5) is 11.1. The molecule has 0 heterocycles. The van der Waals surface area contributed by atoms with Gasteiger partial charge in [-0.15, -0.1) is 0 Å². The average Bonchev–Trinajstić information content (AvgIpc) is 2.25. The topological polar surface area (TPSA) is 89.3 Å². The minimum absolute atomic E-state index is 0.0638. The van der Waals surface area contributed by atoms with Gasteiger partial charge in [-0.3, -0.25) is 4.79 Å². The maximum atomic E-state index is 12.2. The van der Waals surface area contributed by atoms with Gasteiger partial charge < -0.3 is 5.73 Å². The minimum Gasteiger partial charge on any atom is -0.370 e. The molecule has 1 amide bonds. The molecular weight excluding hydrogens is 332 g/mol. The lowest BCUT2D eigenvalue weighted by atomic mass is 10.0. The first-order valence-electron chi connectivity index (χ1n) is 5.63. The van der Waals surface area contributed by atoms with E-state index in [4.69, 9.17) is 5.73 Å². The molecule has 0 atom stereocenters. The minimum atomic E-state index is -3.66. The predicted molar refractivity (Wildman–Crippen MR) is 77.3 cm³/mol. The lowest BCUT2D eigenvalue weighted by Crippen LogP contribution is -2.45. The van der Waals surface area contributed by atoms with Crippen molar-refractivity contribution in [1.29, 1.82) is 0 Å². The smallest absolute Gasteiger partial charge is 0.241 e. The lowest BCUT2D eigenvalue weighted by Gasteiger charge is -2.24. The number of alkyl halides is 1. The van der Waals surface area contributed by atoms with Crippen LogP contribution in [0.1, 0.15) is 25.8 Å². The zero-order valence-electron chi connectivity index (χ0n) is 10.8. The Hall–Kier alpha value is -0.920. The summed E-state index contributed by atoms with van der Waals surface area (Å²) in [6.07, 6.45) is -0.0638. The average molecular weight is 349 g/mol. The van der Waals surface area contributed by atoms with Crippen LogP contribution in [0.25, 0.3) is 0 Å². The van der Waals surface area contributed by atoms with E-state index in [-0.39, 0.29) is 11.3 Å². The molecule has 0 aliphatic carbocycles. The number of nitrogens with one attached hydrogen (secondary N) is 1. The summed E-state index contributed by atoms with van der Waals surface area (Å²) in [7, 11) is -3.66. The largest absolute Gasteiger partial charge is 0.370 e. The van der Waals surface area contributed by atoms with Crippen molar-refractivity contribution in [3.05, 3.63) is 29.8 Å². The first kappa shape index (κ1) is 16.1. The van der Waals surface area contributed by atoms with Crippen LogP contribution in [0.15, 0.2) is 29.2 Å². The van der Waals surface area contributed by atoms with Crippen LogP contribution in [0.4, 0.5) is 0 Å². The van der Waals surface area contributed by atoms with E-state index in [1.54, 1.807) is 26.0 Å². The van der Waals surface area contributed by atoms with Crippen molar-refractivity contribution in [2.75, 3.05) is 0 Å². The van der Waals surface area contributed by atoms with Gasteiger partial charge in [0.05, 0.1) is 4.90 Å². The van der Waals surface area contributed by atoms with Gasteiger partial charge in [0, 0.05) is 17.3 Å². The molecule has 106 valence electrons. The van der Waals surface area contributed by atoms with Crippen LogP contribution >= 0.6 is 15.9 Å². The van der Waals surface area contributed by atoms with E-state index in [9.17, 15) is 13.2 Å². The summed E-state index contributed by atoms with van der Waals surface area (Å²) in [5, 5.41) is 0.661. The van der Waals surface area contributed by atoms with E-state index in [0.29, 0.717) is 5.33 Å². The zero-order chi connectivity index (χ0) is 14.7. The molecule has 0 saturated carbocycles. The van der Waals surface area contributed by atoms with E-state index in [2.05, 4.69) is 20.7 Å². The van der Waals surface area contributed by atoms with Gasteiger partial charge in [0.2, 0.25) is 15.9 Å². The molecule has 0 spiro atoms. The number of carbonyl (C=O) groups is 1. The van der Waals surface area contributed by atoms with Crippen molar-refractivity contribution in [3.8, 4) is 0 Å². The summed E-state index contributed by atoms with van der Waals surface area (Å²) < 4.78 is 26.8. The molecule has 1 aromatic rings. The van der Waals surface area contributed by atoms with Crippen LogP contribution in [0.3, 0.4) is 0 Å². The first-order chi connectivity index (χ1) is 8.66. The normalized spacial score (nSPS) is 12.4. The molecule has 5 nitrogen and oxygen atoms in total. The molecule has 0 aliphatic heterocycles. The van der Waals surface area contributed by atoms with E-state index < -0.39 is 21.5 Å². The summed E-state index contributed by atoms with van der Waals surface area (Å²) in [6, 6.07) is 6.51. The standard InChI is InChI=1S/C12H17BrN2O3S/c1-12(2,7-11(14)16)15-19(17,18)10-5-3-9(8-13)4-6-10/h3-6,15H,7-8H2,1-2H3,(H2,14,16). The molecule has 0 fully saturated rings. The molecule has 3 N–H and O–H groups in total. The lowest BCUT2D eigenvalue weighted by molar-refractivity contribution is -0.119. The summed E-state index contributed by atoms with van der Waals surface area (Å²) in [6.45, 7) is 3.23. The van der Waals surface area contributed by atoms with E-state index in [1.807, 2.05) is 0 Å². The Morgan fingerprint density at radius 1 is 1.32 bits per heavy atom. The number of hydrogen-bond acceptors (Lipinski definition) is 3. The highest BCUT2D eigenvalue weighted by molar-refractivity contribution is 9.08. The number of amides is 1. The summed E-state index contributed by atoms with van der Waals surface area (Å²) >= 11 is 3.29. The Labute approximate surface area is 121 Å². The predicted octanol–water partition coefficient (Wildman–Crippen LogP) is 1.51. The van der Waals surface area contributed by atoms with Crippen molar-refractivity contribution < 1.29 is 13.2 Å². The van der Waals surface area contributed by atoms with Crippen molar-refractivity contribution in [2.24, 2.45) is 5.73 Å². The van der Waals surface area contributed by atoms with Gasteiger partial charge in [-0.25, -0.2) is 13.1 Å². The third-order valence-electron chi connectivity index (χ3n) is 2.41. The van der Waals surface area contributed by atoms with Crippen molar-refractivity contribution in [1.82, 2.24) is 4.72 Å². The van der Waals surface area contributed by atoms with E-state index >= 15 is 0 Å². The highest BCUT2D eigenvalue weighted by atomic mass is 79.9. The molecule has 19 heavy (non-hydrogen) atoms. The fraction of sp³-hybridized carbons (Fsp3) is 0.417. The first-order valence-corrected chi connectivity index (χ1v) is 8.24. The number of hydrogen-bond donors (Lipinski definition) is 2. The maximum Gasteiger partial charge on any atom is 0.241 e. The molecular formula is C12H17BrN2O3S. The Bertz CT molecular complexity index is 553. The fourth-order valence-corrected chi connectivity index (χ4v) is 3.44. The number of rotatable bonds is 6. The van der Waals surface area contributed by atoms with Crippen molar-refractivity contribution in [2.45, 2.75) is 36.0 Å². The third kappa shape index (κ3) is 4.93. The Morgan fingerprint density at radius 3 is 2.26 bits per heavy atom. The van der Waals surface area contributed by atoms with Crippen LogP contribution in [0, 0.1) is 0 Å². The molecule has 0 saturated heterocycles. The third-order valence-corrected chi connectivity index (χ3v) is 4.78. The van der Waals surface area contributed by atoms with Crippen molar-refractivity contribution in [3.63, 3.8) is 0 Å². The quantitative estimate of drug-likeness (QED) is 0.763. The van der Waals surface area contributed by atoms with Crippen LogP contribution < -0.4 is 10.5 Å². The van der Waals surface area contributed by atoms with Gasteiger partial charge in [0.25, 0.3) is 0 Å². The second-order valence-electron chi connectivity index (χ2n) is 4.91. The molecule has 1 rings (SSSR count). The number of primary amides is 1. The van der Waals surface area contributed by atoms with Gasteiger partial charge in [-0.05, 0) is 31.5 Å². The molecule has 7 heteroatoms. The second-order valence-corrected chi connectivity index (χ2v) is 7.15. The number of nitrogens with two attached hydrogens (primary N) is 1. The zero-order valence-corrected chi connectivity index (χ0v) is 13.2. The summed E-state index contributed by atoms with van der Waals surface area (Å²) in [5.41, 5.74) is 5.16. The molecule has 0 aromatic heterocycles. The second kappa shape index (κ2) is 6.02. The molecule has 0 radical (unpaired) electrons. The van der Waals surface area contributed by atoms with Crippen molar-refractivity contribution >= 4 is 31.9 Å². The monoisotopic (exact) mass is 348 g/mol. The van der Waals surface area contributed by atoms with Gasteiger partial charge in [0.1, 0.15) is 0 Å².